The molecule has 0 aliphatic carbocycles. The smallest absolute Gasteiger partial charge is 0.268 e. The lowest BCUT2D eigenvalue weighted by Crippen LogP contribution is -2.29. The van der Waals surface area contributed by atoms with E-state index in [0.717, 1.165) is 5.56 Å². The molecule has 9 nitrogen and oxygen atoms in total. The highest BCUT2D eigenvalue weighted by Gasteiger charge is 2.28. The molecule has 2 rings (SSSR count). The number of unbranched alkanes of at least 4 members (excludes halogenated alkanes) is 1. The zero-order valence-electron chi connectivity index (χ0n) is 17.2. The van der Waals surface area contributed by atoms with Gasteiger partial charge in [0.05, 0.1) is 20.0 Å². The Hall–Kier alpha value is -2.34. The Morgan fingerprint density at radius 3 is 2.10 bits per heavy atom. The van der Waals surface area contributed by atoms with Crippen molar-refractivity contribution in [2.75, 3.05) is 20.0 Å². The van der Waals surface area contributed by atoms with Gasteiger partial charge in [0, 0.05) is 0 Å². The van der Waals surface area contributed by atoms with Gasteiger partial charge in [0.25, 0.3) is 20.2 Å². The van der Waals surface area contributed by atoms with Crippen molar-refractivity contribution in [1.82, 2.24) is 0 Å². The van der Waals surface area contributed by atoms with Gasteiger partial charge in [0.15, 0.2) is 11.5 Å². The number of ether oxygens (including phenoxy) is 3. The summed E-state index contributed by atoms with van der Waals surface area (Å²) in [5.41, 5.74) is 0.777. The topological polar surface area (TPSA) is 136 Å². The van der Waals surface area contributed by atoms with Gasteiger partial charge in [0.1, 0.15) is 11.0 Å². The molecule has 0 aliphatic rings. The maximum Gasteiger partial charge on any atom is 0.268 e. The van der Waals surface area contributed by atoms with Crippen LogP contribution in [-0.2, 0) is 26.7 Å². The molecular weight excluding hydrogens is 448 g/mol. The molecule has 0 saturated carbocycles. The van der Waals surface area contributed by atoms with Crippen LogP contribution < -0.4 is 14.2 Å². The average molecular weight is 475 g/mol. The molecule has 0 radical (unpaired) electrons. The molecule has 1 atom stereocenters. The van der Waals surface area contributed by atoms with Crippen LogP contribution in [0.2, 0.25) is 0 Å². The van der Waals surface area contributed by atoms with Gasteiger partial charge >= 0.3 is 0 Å². The van der Waals surface area contributed by atoms with Crippen LogP contribution in [-0.4, -0.2) is 51.2 Å². The van der Waals surface area contributed by atoms with E-state index in [9.17, 15) is 21.4 Å². The van der Waals surface area contributed by atoms with E-state index in [1.807, 2.05) is 18.2 Å². The van der Waals surface area contributed by atoms with Crippen LogP contribution in [0.25, 0.3) is 0 Å². The molecule has 0 aromatic heterocycles. The van der Waals surface area contributed by atoms with E-state index < -0.39 is 31.2 Å². The molecule has 11 heteroatoms. The van der Waals surface area contributed by atoms with Gasteiger partial charge in [-0.1, -0.05) is 30.7 Å². The summed E-state index contributed by atoms with van der Waals surface area (Å²) in [6, 6.07) is 12.6. The van der Waals surface area contributed by atoms with Crippen LogP contribution in [0.15, 0.2) is 42.5 Å². The highest BCUT2D eigenvalue weighted by Crippen LogP contribution is 2.42. The van der Waals surface area contributed by atoms with E-state index in [1.165, 1.54) is 14.2 Å². The molecule has 2 aromatic carbocycles. The molecular formula is C20H26O9S2. The Morgan fingerprint density at radius 2 is 1.55 bits per heavy atom. The van der Waals surface area contributed by atoms with E-state index in [4.69, 9.17) is 18.8 Å². The van der Waals surface area contributed by atoms with Crippen molar-refractivity contribution in [1.29, 1.82) is 0 Å². The van der Waals surface area contributed by atoms with Gasteiger partial charge in [-0.05, 0) is 43.0 Å². The van der Waals surface area contributed by atoms with Crippen molar-refractivity contribution in [2.24, 2.45) is 0 Å². The van der Waals surface area contributed by atoms with Crippen molar-refractivity contribution in [2.45, 2.75) is 30.9 Å². The lowest BCUT2D eigenvalue weighted by atomic mass is 10.0. The summed E-state index contributed by atoms with van der Waals surface area (Å²) in [7, 11) is -6.16. The lowest BCUT2D eigenvalue weighted by molar-refractivity contribution is 0.334. The predicted octanol–water partition coefficient (Wildman–Crippen LogP) is 3.35. The van der Waals surface area contributed by atoms with Gasteiger partial charge < -0.3 is 14.2 Å². The van der Waals surface area contributed by atoms with E-state index in [0.29, 0.717) is 42.3 Å². The van der Waals surface area contributed by atoms with Crippen LogP contribution in [0.4, 0.5) is 0 Å². The number of hydrogen-bond donors (Lipinski definition) is 2. The summed E-state index contributed by atoms with van der Waals surface area (Å²) in [5.74, 6) is 0.889. The number of benzene rings is 2. The van der Waals surface area contributed by atoms with Gasteiger partial charge in [-0.15, -0.1) is 0 Å². The van der Waals surface area contributed by atoms with Crippen molar-refractivity contribution in [3.63, 3.8) is 0 Å². The summed E-state index contributed by atoms with van der Waals surface area (Å²) in [4.78, 5) is 0. The van der Waals surface area contributed by atoms with E-state index >= 15 is 0 Å². The molecule has 172 valence electrons. The summed E-state index contributed by atoms with van der Waals surface area (Å²) in [5, 5.41) is -1.59. The minimum Gasteiger partial charge on any atom is -0.493 e. The maximum absolute atomic E-state index is 11.4. The van der Waals surface area contributed by atoms with Gasteiger partial charge in [-0.25, -0.2) is 0 Å². The lowest BCUT2D eigenvalue weighted by Gasteiger charge is -2.18. The third kappa shape index (κ3) is 7.69. The predicted molar refractivity (Wildman–Crippen MR) is 115 cm³/mol. The zero-order valence-corrected chi connectivity index (χ0v) is 18.9. The molecule has 0 spiro atoms. The van der Waals surface area contributed by atoms with E-state index in [-0.39, 0.29) is 6.42 Å². The van der Waals surface area contributed by atoms with Gasteiger partial charge in [-0.2, -0.15) is 16.8 Å². The molecule has 2 aromatic rings. The Bertz CT molecular complexity index is 1070. The molecule has 0 amide bonds. The fraction of sp³-hybridized carbons (Fsp3) is 0.400. The van der Waals surface area contributed by atoms with Crippen molar-refractivity contribution in [3.05, 3.63) is 48.0 Å². The quantitative estimate of drug-likeness (QED) is 0.350. The Balaban J connectivity index is 2.17. The third-order valence-electron chi connectivity index (χ3n) is 4.58. The van der Waals surface area contributed by atoms with Crippen LogP contribution in [0.1, 0.15) is 24.8 Å². The van der Waals surface area contributed by atoms with Crippen LogP contribution >= 0.6 is 0 Å². The number of methoxy groups -OCH3 is 2. The normalized spacial score (nSPS) is 12.9. The first-order valence-corrected chi connectivity index (χ1v) is 12.5. The first-order chi connectivity index (χ1) is 14.5. The van der Waals surface area contributed by atoms with Crippen molar-refractivity contribution in [3.8, 4) is 23.0 Å². The van der Waals surface area contributed by atoms with Crippen molar-refractivity contribution >= 4 is 20.2 Å². The number of para-hydroxylation sites is 1. The summed E-state index contributed by atoms with van der Waals surface area (Å²) >= 11 is 0. The molecule has 31 heavy (non-hydrogen) atoms. The van der Waals surface area contributed by atoms with Crippen LogP contribution in [0, 0.1) is 0 Å². The molecule has 2 N–H and O–H groups in total. The first kappa shape index (κ1) is 24.9. The number of hydrogen-bond acceptors (Lipinski definition) is 7. The summed E-state index contributed by atoms with van der Waals surface area (Å²) in [6.45, 7) is 0. The fourth-order valence-corrected chi connectivity index (χ4v) is 5.40. The van der Waals surface area contributed by atoms with Crippen molar-refractivity contribution < 1.29 is 40.2 Å². The maximum atomic E-state index is 11.4. The second kappa shape index (κ2) is 10.8. The summed E-state index contributed by atoms with van der Waals surface area (Å²) in [6.07, 6.45) is 1.10. The van der Waals surface area contributed by atoms with Gasteiger partial charge in [0.2, 0.25) is 5.75 Å². The molecule has 0 saturated heterocycles. The largest absolute Gasteiger partial charge is 0.493 e. The first-order valence-electron chi connectivity index (χ1n) is 9.43. The molecule has 0 bridgehead atoms. The van der Waals surface area contributed by atoms with E-state index in [1.54, 1.807) is 24.3 Å². The fourth-order valence-electron chi connectivity index (χ4n) is 3.10. The Kier molecular flexibility index (Phi) is 8.69. The van der Waals surface area contributed by atoms with Crippen LogP contribution in [0.3, 0.4) is 0 Å². The summed E-state index contributed by atoms with van der Waals surface area (Å²) < 4.78 is 79.9. The average Bonchev–Trinajstić information content (AvgIpc) is 2.69. The molecule has 0 heterocycles. The monoisotopic (exact) mass is 474 g/mol. The second-order valence-corrected chi connectivity index (χ2v) is 10.0. The highest BCUT2D eigenvalue weighted by atomic mass is 32.2. The van der Waals surface area contributed by atoms with E-state index in [2.05, 4.69) is 0 Å². The van der Waals surface area contributed by atoms with Gasteiger partial charge in [-0.3, -0.25) is 9.11 Å². The number of rotatable bonds is 12. The molecule has 0 fully saturated rings. The molecule has 1 unspecified atom stereocenters. The van der Waals surface area contributed by atoms with Crippen LogP contribution in [0.5, 0.6) is 23.0 Å². The minimum absolute atomic E-state index is 0.124. The Labute approximate surface area is 182 Å². The highest BCUT2D eigenvalue weighted by molar-refractivity contribution is 7.90. The minimum atomic E-state index is -4.61. The SMILES string of the molecule is COc1ccc(CCCCC(CS(=O)(=O)O)S(=O)(=O)O)c(Oc2ccccc2)c1OC. The number of aryl methyl sites for hydroxylation is 1. The zero-order chi connectivity index (χ0) is 23.1. The second-order valence-electron chi connectivity index (χ2n) is 6.84. The Morgan fingerprint density at radius 1 is 0.871 bits per heavy atom. The standard InChI is InChI=1S/C20H26O9S2/c1-27-18-13-12-15(19(20(18)28-2)29-16-9-4-3-5-10-16)8-6-7-11-17(31(24,25)26)14-30(21,22)23/h3-5,9-10,12-13,17H,6-8,11,14H2,1-2H3,(H,21,22,23)(H,24,25,26). The third-order valence-corrected chi connectivity index (χ3v) is 6.86. The molecule has 0 aliphatic heterocycles.